The third-order valence-corrected chi connectivity index (χ3v) is 4.88. The van der Waals surface area contributed by atoms with Crippen LogP contribution in [-0.2, 0) is 26.9 Å². The molecule has 1 saturated heterocycles. The van der Waals surface area contributed by atoms with Crippen molar-refractivity contribution in [2.24, 2.45) is 0 Å². The van der Waals surface area contributed by atoms with Gasteiger partial charge in [0, 0.05) is 18.9 Å². The fourth-order valence-corrected chi connectivity index (χ4v) is 3.89. The van der Waals surface area contributed by atoms with E-state index in [1.54, 1.807) is 7.11 Å². The predicted molar refractivity (Wildman–Crippen MR) is 82.0 cm³/mol. The summed E-state index contributed by atoms with van der Waals surface area (Å²) in [6.07, 6.45) is 5.52. The van der Waals surface area contributed by atoms with Gasteiger partial charge in [-0.15, -0.1) is 0 Å². The van der Waals surface area contributed by atoms with Gasteiger partial charge >= 0.3 is 0 Å². The number of hydrogen-bond donors (Lipinski definition) is 0. The molecule has 0 radical (unpaired) electrons. The zero-order valence-electron chi connectivity index (χ0n) is 13.5. The highest BCUT2D eigenvalue weighted by Gasteiger charge is 2.40. The van der Waals surface area contributed by atoms with Gasteiger partial charge in [0.2, 0.25) is 5.89 Å². The average molecular weight is 331 g/mol. The fourth-order valence-electron chi connectivity index (χ4n) is 3.30. The largest absolute Gasteiger partial charge is 0.383 e. The molecule has 7 nitrogen and oxygen atoms in total. The zero-order valence-corrected chi connectivity index (χ0v) is 14.4. The minimum Gasteiger partial charge on any atom is -0.383 e. The third-order valence-electron chi connectivity index (χ3n) is 4.10. The molecule has 0 aliphatic carbocycles. The second-order valence-electron chi connectivity index (χ2n) is 6.11. The number of methoxy groups -OCH3 is 1. The third kappa shape index (κ3) is 4.27. The number of sulfone groups is 1. The van der Waals surface area contributed by atoms with E-state index in [1.807, 2.05) is 0 Å². The Morgan fingerprint density at radius 3 is 2.86 bits per heavy atom. The summed E-state index contributed by atoms with van der Waals surface area (Å²) in [6, 6.07) is 0. The Morgan fingerprint density at radius 1 is 1.45 bits per heavy atom. The minimum absolute atomic E-state index is 0.0228. The second kappa shape index (κ2) is 7.06. The standard InChI is InChI=1S/C14H25N3O4S/c1-4-6-14(11-20-2)7-5-8-17(14)9-13-15-12(16-21-13)10-22(3,18)19/h4-11H2,1-3H3/t14-/m1/s1. The summed E-state index contributed by atoms with van der Waals surface area (Å²) in [6.45, 7) is 4.36. The van der Waals surface area contributed by atoms with Gasteiger partial charge in [0.25, 0.3) is 0 Å². The molecule has 0 unspecified atom stereocenters. The number of ether oxygens (including phenoxy) is 1. The second-order valence-corrected chi connectivity index (χ2v) is 8.25. The smallest absolute Gasteiger partial charge is 0.240 e. The van der Waals surface area contributed by atoms with Crippen LogP contribution in [0.2, 0.25) is 0 Å². The van der Waals surface area contributed by atoms with Crippen molar-refractivity contribution in [3.05, 3.63) is 11.7 Å². The molecule has 8 heteroatoms. The summed E-state index contributed by atoms with van der Waals surface area (Å²) in [5.41, 5.74) is 0.0228. The Kier molecular flexibility index (Phi) is 5.57. The summed E-state index contributed by atoms with van der Waals surface area (Å²) >= 11 is 0. The van der Waals surface area contributed by atoms with Crippen LogP contribution in [0.25, 0.3) is 0 Å². The summed E-state index contributed by atoms with van der Waals surface area (Å²) in [5.74, 6) is 0.510. The number of rotatable bonds is 8. The van der Waals surface area contributed by atoms with Crippen LogP contribution in [0.3, 0.4) is 0 Å². The molecular formula is C14H25N3O4S. The molecule has 1 aromatic rings. The predicted octanol–water partition coefficient (Wildman–Crippen LogP) is 1.40. The lowest BCUT2D eigenvalue weighted by atomic mass is 9.91. The summed E-state index contributed by atoms with van der Waals surface area (Å²) < 4.78 is 33.2. The van der Waals surface area contributed by atoms with E-state index < -0.39 is 9.84 Å². The quantitative estimate of drug-likeness (QED) is 0.711. The summed E-state index contributed by atoms with van der Waals surface area (Å²) in [5, 5.41) is 3.76. The molecule has 22 heavy (non-hydrogen) atoms. The SMILES string of the molecule is CCC[C@]1(COC)CCCN1Cc1nc(CS(C)(=O)=O)no1. The topological polar surface area (TPSA) is 85.5 Å². The minimum atomic E-state index is -3.15. The van der Waals surface area contributed by atoms with E-state index in [9.17, 15) is 8.42 Å². The Morgan fingerprint density at radius 2 is 2.23 bits per heavy atom. The fraction of sp³-hybridized carbons (Fsp3) is 0.857. The van der Waals surface area contributed by atoms with Gasteiger partial charge in [-0.2, -0.15) is 4.98 Å². The van der Waals surface area contributed by atoms with Crippen LogP contribution in [0.4, 0.5) is 0 Å². The number of nitrogens with zero attached hydrogens (tertiary/aromatic N) is 3. The van der Waals surface area contributed by atoms with E-state index in [1.165, 1.54) is 0 Å². The molecule has 0 amide bonds. The molecule has 1 aromatic heterocycles. The first-order chi connectivity index (χ1) is 10.4. The highest BCUT2D eigenvalue weighted by atomic mass is 32.2. The highest BCUT2D eigenvalue weighted by Crippen LogP contribution is 2.35. The molecular weight excluding hydrogens is 306 g/mol. The van der Waals surface area contributed by atoms with Gasteiger partial charge in [-0.25, -0.2) is 8.42 Å². The van der Waals surface area contributed by atoms with E-state index in [2.05, 4.69) is 22.0 Å². The summed E-state index contributed by atoms with van der Waals surface area (Å²) in [7, 11) is -1.42. The molecule has 1 aliphatic heterocycles. The molecule has 1 fully saturated rings. The van der Waals surface area contributed by atoms with Crippen molar-refractivity contribution >= 4 is 9.84 Å². The molecule has 2 heterocycles. The van der Waals surface area contributed by atoms with Crippen molar-refractivity contribution in [1.29, 1.82) is 0 Å². The Bertz CT molecular complexity index is 579. The lowest BCUT2D eigenvalue weighted by molar-refractivity contribution is 0.0212. The molecule has 0 spiro atoms. The van der Waals surface area contributed by atoms with Crippen LogP contribution < -0.4 is 0 Å². The van der Waals surface area contributed by atoms with Gasteiger partial charge in [-0.1, -0.05) is 18.5 Å². The molecule has 0 aromatic carbocycles. The highest BCUT2D eigenvalue weighted by molar-refractivity contribution is 7.89. The molecule has 126 valence electrons. The van der Waals surface area contributed by atoms with Crippen molar-refractivity contribution in [3.8, 4) is 0 Å². The number of hydrogen-bond acceptors (Lipinski definition) is 7. The van der Waals surface area contributed by atoms with Gasteiger partial charge in [0.05, 0.1) is 13.2 Å². The van der Waals surface area contributed by atoms with E-state index >= 15 is 0 Å². The monoisotopic (exact) mass is 331 g/mol. The normalized spacial score (nSPS) is 23.2. The van der Waals surface area contributed by atoms with Crippen LogP contribution in [0.1, 0.15) is 44.3 Å². The van der Waals surface area contributed by atoms with E-state index in [0.717, 1.165) is 38.5 Å². The molecule has 1 atom stereocenters. The van der Waals surface area contributed by atoms with Crippen LogP contribution >= 0.6 is 0 Å². The Hall–Kier alpha value is -0.990. The van der Waals surface area contributed by atoms with Crippen LogP contribution in [-0.4, -0.2) is 55.5 Å². The van der Waals surface area contributed by atoms with Crippen molar-refractivity contribution in [2.45, 2.75) is 50.4 Å². The van der Waals surface area contributed by atoms with Gasteiger partial charge in [0.1, 0.15) is 5.75 Å². The van der Waals surface area contributed by atoms with Gasteiger partial charge in [-0.3, -0.25) is 4.90 Å². The van der Waals surface area contributed by atoms with Crippen LogP contribution in [0.5, 0.6) is 0 Å². The van der Waals surface area contributed by atoms with E-state index in [0.29, 0.717) is 19.0 Å². The van der Waals surface area contributed by atoms with Gasteiger partial charge < -0.3 is 9.26 Å². The first-order valence-corrected chi connectivity index (χ1v) is 9.68. The van der Waals surface area contributed by atoms with Crippen molar-refractivity contribution in [1.82, 2.24) is 15.0 Å². The van der Waals surface area contributed by atoms with Crippen LogP contribution in [0, 0.1) is 0 Å². The molecule has 0 N–H and O–H groups in total. The van der Waals surface area contributed by atoms with Crippen LogP contribution in [0.15, 0.2) is 4.52 Å². The maximum Gasteiger partial charge on any atom is 0.240 e. The first kappa shape index (κ1) is 17.4. The van der Waals surface area contributed by atoms with Crippen molar-refractivity contribution in [3.63, 3.8) is 0 Å². The molecule has 0 bridgehead atoms. The lowest BCUT2D eigenvalue weighted by Gasteiger charge is -2.37. The van der Waals surface area contributed by atoms with E-state index in [4.69, 9.17) is 9.26 Å². The lowest BCUT2D eigenvalue weighted by Crippen LogP contribution is -2.47. The average Bonchev–Trinajstić information content (AvgIpc) is 2.98. The summed E-state index contributed by atoms with van der Waals surface area (Å²) in [4.78, 5) is 6.54. The van der Waals surface area contributed by atoms with Crippen molar-refractivity contribution in [2.75, 3.05) is 26.5 Å². The number of likely N-dealkylation sites (tertiary alicyclic amines) is 1. The molecule has 0 saturated carbocycles. The van der Waals surface area contributed by atoms with Gasteiger partial charge in [0.15, 0.2) is 15.7 Å². The maximum absolute atomic E-state index is 11.3. The Labute approximate surface area is 131 Å². The number of aromatic nitrogens is 2. The van der Waals surface area contributed by atoms with Gasteiger partial charge in [-0.05, 0) is 25.8 Å². The maximum atomic E-state index is 11.3. The Balaban J connectivity index is 2.08. The van der Waals surface area contributed by atoms with E-state index in [-0.39, 0.29) is 17.1 Å². The first-order valence-electron chi connectivity index (χ1n) is 7.62. The molecule has 2 rings (SSSR count). The molecule has 1 aliphatic rings. The zero-order chi connectivity index (χ0) is 16.2. The van der Waals surface area contributed by atoms with Crippen molar-refractivity contribution < 1.29 is 17.7 Å².